The SMILES string of the molecule is C[C@@H]1C[C@@H]([C@@H]2C[C@H]3CC[C@H]2C3)[C@@H](O)[C@@H](C)C1. The first-order valence-corrected chi connectivity index (χ1v) is 7.33. The molecule has 92 valence electrons. The molecule has 1 N–H and O–H groups in total. The highest BCUT2D eigenvalue weighted by molar-refractivity contribution is 4.97. The molecular formula is C15H26O. The van der Waals surface area contributed by atoms with E-state index in [1.807, 2.05) is 0 Å². The van der Waals surface area contributed by atoms with Gasteiger partial charge in [-0.3, -0.25) is 0 Å². The second-order valence-corrected chi connectivity index (χ2v) is 7.05. The Labute approximate surface area is 99.6 Å². The van der Waals surface area contributed by atoms with Crippen LogP contribution in [-0.2, 0) is 0 Å². The van der Waals surface area contributed by atoms with Crippen LogP contribution in [0.5, 0.6) is 0 Å². The van der Waals surface area contributed by atoms with Gasteiger partial charge in [-0.2, -0.15) is 0 Å². The van der Waals surface area contributed by atoms with Crippen molar-refractivity contribution in [3.8, 4) is 0 Å². The molecule has 3 aliphatic carbocycles. The molecule has 3 saturated carbocycles. The number of aliphatic hydroxyl groups excluding tert-OH is 1. The highest BCUT2D eigenvalue weighted by Crippen LogP contribution is 2.54. The van der Waals surface area contributed by atoms with E-state index in [0.717, 1.165) is 23.7 Å². The van der Waals surface area contributed by atoms with Crippen LogP contribution in [-0.4, -0.2) is 11.2 Å². The maximum absolute atomic E-state index is 10.4. The van der Waals surface area contributed by atoms with Crippen molar-refractivity contribution in [2.24, 2.45) is 35.5 Å². The summed E-state index contributed by atoms with van der Waals surface area (Å²) in [6.45, 7) is 4.63. The molecule has 0 spiro atoms. The molecule has 3 aliphatic rings. The van der Waals surface area contributed by atoms with E-state index in [0.29, 0.717) is 11.8 Å². The van der Waals surface area contributed by atoms with Crippen molar-refractivity contribution in [3.05, 3.63) is 0 Å². The highest BCUT2D eigenvalue weighted by atomic mass is 16.3. The van der Waals surface area contributed by atoms with E-state index in [-0.39, 0.29) is 6.10 Å². The van der Waals surface area contributed by atoms with Gasteiger partial charge in [0.15, 0.2) is 0 Å². The quantitative estimate of drug-likeness (QED) is 0.720. The predicted octanol–water partition coefficient (Wildman–Crippen LogP) is 3.47. The van der Waals surface area contributed by atoms with Gasteiger partial charge in [0, 0.05) is 0 Å². The Kier molecular flexibility index (Phi) is 2.78. The number of fused-ring (bicyclic) bond motifs is 2. The summed E-state index contributed by atoms with van der Waals surface area (Å²) in [4.78, 5) is 0. The van der Waals surface area contributed by atoms with Gasteiger partial charge in [-0.1, -0.05) is 20.3 Å². The van der Waals surface area contributed by atoms with Crippen LogP contribution in [0.25, 0.3) is 0 Å². The fraction of sp³-hybridized carbons (Fsp3) is 1.00. The first kappa shape index (κ1) is 11.1. The molecule has 16 heavy (non-hydrogen) atoms. The van der Waals surface area contributed by atoms with Crippen molar-refractivity contribution >= 4 is 0 Å². The van der Waals surface area contributed by atoms with Crippen LogP contribution in [0, 0.1) is 35.5 Å². The number of aliphatic hydroxyl groups is 1. The number of hydrogen-bond acceptors (Lipinski definition) is 1. The molecule has 0 heterocycles. The van der Waals surface area contributed by atoms with Crippen molar-refractivity contribution in [2.45, 2.75) is 58.5 Å². The Morgan fingerprint density at radius 2 is 1.69 bits per heavy atom. The second kappa shape index (κ2) is 4.01. The standard InChI is InChI=1S/C15H26O/c1-9-5-10(2)15(16)14(6-9)13-8-11-3-4-12(13)7-11/h9-16H,3-8H2,1-2H3/t9-,10-,11-,12-,13+,14-,15-/m0/s1. The maximum atomic E-state index is 10.4. The Morgan fingerprint density at radius 3 is 2.31 bits per heavy atom. The Hall–Kier alpha value is -0.0400. The molecule has 0 radical (unpaired) electrons. The van der Waals surface area contributed by atoms with Crippen LogP contribution in [0.2, 0.25) is 0 Å². The van der Waals surface area contributed by atoms with Gasteiger partial charge in [0.2, 0.25) is 0 Å². The van der Waals surface area contributed by atoms with Crippen molar-refractivity contribution in [1.82, 2.24) is 0 Å². The van der Waals surface area contributed by atoms with E-state index in [9.17, 15) is 5.11 Å². The van der Waals surface area contributed by atoms with E-state index in [4.69, 9.17) is 0 Å². The molecule has 0 amide bonds. The lowest BCUT2D eigenvalue weighted by atomic mass is 9.66. The fourth-order valence-corrected chi connectivity index (χ4v) is 5.14. The molecule has 0 aromatic carbocycles. The zero-order valence-electron chi connectivity index (χ0n) is 10.7. The molecule has 0 saturated heterocycles. The van der Waals surface area contributed by atoms with E-state index in [2.05, 4.69) is 13.8 Å². The first-order valence-electron chi connectivity index (χ1n) is 7.33. The van der Waals surface area contributed by atoms with Crippen LogP contribution in [0.3, 0.4) is 0 Å². The summed E-state index contributed by atoms with van der Waals surface area (Å²) in [5, 5.41) is 10.4. The van der Waals surface area contributed by atoms with E-state index in [1.54, 1.807) is 0 Å². The molecular weight excluding hydrogens is 196 g/mol. The Balaban J connectivity index is 1.73. The maximum Gasteiger partial charge on any atom is 0.0596 e. The molecule has 3 rings (SSSR count). The van der Waals surface area contributed by atoms with Crippen LogP contribution < -0.4 is 0 Å². The second-order valence-electron chi connectivity index (χ2n) is 7.05. The topological polar surface area (TPSA) is 20.2 Å². The van der Waals surface area contributed by atoms with Crippen LogP contribution in [0.15, 0.2) is 0 Å². The van der Waals surface area contributed by atoms with Gasteiger partial charge in [0.05, 0.1) is 6.10 Å². The van der Waals surface area contributed by atoms with Crippen molar-refractivity contribution in [2.75, 3.05) is 0 Å². The summed E-state index contributed by atoms with van der Waals surface area (Å²) in [5.41, 5.74) is 0. The van der Waals surface area contributed by atoms with Crippen molar-refractivity contribution in [3.63, 3.8) is 0 Å². The van der Waals surface area contributed by atoms with E-state index < -0.39 is 0 Å². The van der Waals surface area contributed by atoms with Gasteiger partial charge in [-0.15, -0.1) is 0 Å². The third kappa shape index (κ3) is 1.72. The monoisotopic (exact) mass is 222 g/mol. The first-order chi connectivity index (χ1) is 7.65. The third-order valence-electron chi connectivity index (χ3n) is 5.81. The zero-order valence-corrected chi connectivity index (χ0v) is 10.7. The van der Waals surface area contributed by atoms with Gasteiger partial charge in [-0.05, 0) is 67.6 Å². The van der Waals surface area contributed by atoms with Crippen molar-refractivity contribution in [1.29, 1.82) is 0 Å². The minimum absolute atomic E-state index is 0.000509. The summed E-state index contributed by atoms with van der Waals surface area (Å²) in [7, 11) is 0. The van der Waals surface area contributed by atoms with Gasteiger partial charge < -0.3 is 5.11 Å². The number of rotatable bonds is 1. The lowest BCUT2D eigenvalue weighted by Gasteiger charge is -2.42. The average Bonchev–Trinajstić information content (AvgIpc) is 2.84. The molecule has 3 fully saturated rings. The van der Waals surface area contributed by atoms with Crippen molar-refractivity contribution < 1.29 is 5.11 Å². The zero-order chi connectivity index (χ0) is 11.3. The molecule has 0 unspecified atom stereocenters. The normalized spacial score (nSPS) is 56.8. The predicted molar refractivity (Wildman–Crippen MR) is 66.0 cm³/mol. The molecule has 0 aliphatic heterocycles. The van der Waals surface area contributed by atoms with E-state index >= 15 is 0 Å². The summed E-state index contributed by atoms with van der Waals surface area (Å²) >= 11 is 0. The van der Waals surface area contributed by atoms with Crippen LogP contribution in [0.4, 0.5) is 0 Å². The van der Waals surface area contributed by atoms with Crippen LogP contribution >= 0.6 is 0 Å². The lowest BCUT2D eigenvalue weighted by Crippen LogP contribution is -2.40. The molecule has 1 heteroatoms. The van der Waals surface area contributed by atoms with Gasteiger partial charge in [0.1, 0.15) is 0 Å². The largest absolute Gasteiger partial charge is 0.393 e. The fourth-order valence-electron chi connectivity index (χ4n) is 5.14. The van der Waals surface area contributed by atoms with Gasteiger partial charge in [-0.25, -0.2) is 0 Å². The Bertz CT molecular complexity index is 262. The summed E-state index contributed by atoms with van der Waals surface area (Å²) < 4.78 is 0. The van der Waals surface area contributed by atoms with Gasteiger partial charge in [0.25, 0.3) is 0 Å². The highest BCUT2D eigenvalue weighted by Gasteiger charge is 2.47. The Morgan fingerprint density at radius 1 is 0.875 bits per heavy atom. The molecule has 2 bridgehead atoms. The lowest BCUT2D eigenvalue weighted by molar-refractivity contribution is -0.0312. The third-order valence-corrected chi connectivity index (χ3v) is 5.81. The molecule has 0 aromatic rings. The minimum atomic E-state index is 0.000509. The molecule has 7 atom stereocenters. The summed E-state index contributed by atoms with van der Waals surface area (Å²) in [6, 6.07) is 0. The summed E-state index contributed by atoms with van der Waals surface area (Å²) in [6.07, 6.45) is 8.39. The van der Waals surface area contributed by atoms with Crippen LogP contribution in [0.1, 0.15) is 52.4 Å². The van der Waals surface area contributed by atoms with Gasteiger partial charge >= 0.3 is 0 Å². The summed E-state index contributed by atoms with van der Waals surface area (Å²) in [5.74, 6) is 4.88. The smallest absolute Gasteiger partial charge is 0.0596 e. The molecule has 1 nitrogen and oxygen atoms in total. The molecule has 0 aromatic heterocycles. The minimum Gasteiger partial charge on any atom is -0.393 e. The average molecular weight is 222 g/mol. The van der Waals surface area contributed by atoms with E-state index in [1.165, 1.54) is 38.5 Å². The number of hydrogen-bond donors (Lipinski definition) is 1.